The zero-order valence-electron chi connectivity index (χ0n) is 9.60. The Morgan fingerprint density at radius 1 is 1.53 bits per heavy atom. The maximum atomic E-state index is 10.5. The Morgan fingerprint density at radius 2 is 2.29 bits per heavy atom. The van der Waals surface area contributed by atoms with E-state index in [2.05, 4.69) is 0 Å². The summed E-state index contributed by atoms with van der Waals surface area (Å²) >= 11 is 0. The first-order valence-corrected chi connectivity index (χ1v) is 5.45. The van der Waals surface area contributed by atoms with Crippen LogP contribution < -0.4 is 15.2 Å². The number of aliphatic carboxylic acids is 1. The van der Waals surface area contributed by atoms with Crippen molar-refractivity contribution in [3.05, 3.63) is 23.3 Å². The normalized spacial score (nSPS) is 14.7. The quantitative estimate of drug-likeness (QED) is 0.831. The zero-order valence-corrected chi connectivity index (χ0v) is 9.60. The summed E-state index contributed by atoms with van der Waals surface area (Å²) in [5.41, 5.74) is 7.83. The minimum Gasteiger partial charge on any atom is -0.481 e. The summed E-state index contributed by atoms with van der Waals surface area (Å²) in [5.74, 6) is 0.487. The van der Waals surface area contributed by atoms with Gasteiger partial charge in [-0.3, -0.25) is 4.79 Å². The third-order valence-electron chi connectivity index (χ3n) is 2.71. The van der Waals surface area contributed by atoms with Crippen LogP contribution in [0.2, 0.25) is 0 Å². The molecule has 0 bridgehead atoms. The van der Waals surface area contributed by atoms with Crippen molar-refractivity contribution < 1.29 is 19.4 Å². The van der Waals surface area contributed by atoms with Crippen molar-refractivity contribution in [3.8, 4) is 11.5 Å². The number of ether oxygens (including phenoxy) is 2. The Labute approximate surface area is 99.1 Å². The molecule has 2 rings (SSSR count). The van der Waals surface area contributed by atoms with Crippen LogP contribution in [-0.4, -0.2) is 17.9 Å². The molecule has 1 unspecified atom stereocenters. The molecule has 92 valence electrons. The first kappa shape index (κ1) is 11.7. The van der Waals surface area contributed by atoms with Gasteiger partial charge in [0, 0.05) is 18.0 Å². The van der Waals surface area contributed by atoms with Crippen molar-refractivity contribution in [3.63, 3.8) is 0 Å². The minimum absolute atomic E-state index is 0.0464. The van der Waals surface area contributed by atoms with E-state index in [4.69, 9.17) is 20.3 Å². The number of carboxylic acids is 1. The third-order valence-corrected chi connectivity index (χ3v) is 2.71. The van der Waals surface area contributed by atoms with E-state index in [-0.39, 0.29) is 19.3 Å². The topological polar surface area (TPSA) is 81.8 Å². The molecule has 17 heavy (non-hydrogen) atoms. The molecule has 5 nitrogen and oxygen atoms in total. The molecule has 5 heteroatoms. The molecule has 1 aromatic carbocycles. The van der Waals surface area contributed by atoms with Crippen LogP contribution in [0.5, 0.6) is 11.5 Å². The van der Waals surface area contributed by atoms with E-state index < -0.39 is 5.97 Å². The zero-order chi connectivity index (χ0) is 12.4. The predicted octanol–water partition coefficient (Wildman–Crippen LogP) is 1.59. The molecule has 0 amide bonds. The molecule has 0 saturated carbocycles. The summed E-state index contributed by atoms with van der Waals surface area (Å²) in [5, 5.41) is 8.65. The second-order valence-corrected chi connectivity index (χ2v) is 4.13. The van der Waals surface area contributed by atoms with Crippen molar-refractivity contribution in [1.82, 2.24) is 0 Å². The molecule has 0 saturated heterocycles. The molecule has 0 aromatic heterocycles. The first-order valence-electron chi connectivity index (χ1n) is 5.45. The maximum Gasteiger partial charge on any atom is 0.303 e. The second-order valence-electron chi connectivity index (χ2n) is 4.13. The number of hydrogen-bond donors (Lipinski definition) is 2. The molecule has 0 spiro atoms. The number of benzene rings is 1. The average molecular weight is 237 g/mol. The van der Waals surface area contributed by atoms with Gasteiger partial charge in [0.25, 0.3) is 0 Å². The number of hydrogen-bond acceptors (Lipinski definition) is 4. The molecule has 3 N–H and O–H groups in total. The van der Waals surface area contributed by atoms with Crippen molar-refractivity contribution in [1.29, 1.82) is 0 Å². The van der Waals surface area contributed by atoms with E-state index in [1.807, 2.05) is 19.1 Å². The van der Waals surface area contributed by atoms with Gasteiger partial charge >= 0.3 is 5.97 Å². The number of carboxylic acid groups (broad SMARTS) is 1. The molecule has 0 aliphatic carbocycles. The highest BCUT2D eigenvalue weighted by Gasteiger charge is 2.22. The van der Waals surface area contributed by atoms with Crippen molar-refractivity contribution >= 4 is 5.97 Å². The van der Waals surface area contributed by atoms with Gasteiger partial charge in [-0.1, -0.05) is 6.07 Å². The fraction of sp³-hybridized carbons (Fsp3) is 0.417. The number of nitrogens with two attached hydrogens (primary N) is 1. The van der Waals surface area contributed by atoms with Gasteiger partial charge in [-0.15, -0.1) is 0 Å². The minimum atomic E-state index is -0.845. The van der Waals surface area contributed by atoms with Crippen LogP contribution in [0.1, 0.15) is 30.0 Å². The van der Waals surface area contributed by atoms with E-state index >= 15 is 0 Å². The average Bonchev–Trinajstić information content (AvgIpc) is 2.72. The molecule has 0 fully saturated rings. The standard InChI is InChI=1S/C12H15NO4/c1-7-4-8(9(13)2-3-11(14)15)12-10(5-7)16-6-17-12/h4-5,9H,2-3,6,13H2,1H3,(H,14,15). The summed E-state index contributed by atoms with van der Waals surface area (Å²) in [6.45, 7) is 2.13. The SMILES string of the molecule is Cc1cc2c(c(C(N)CCC(=O)O)c1)OCO2. The lowest BCUT2D eigenvalue weighted by molar-refractivity contribution is -0.137. The van der Waals surface area contributed by atoms with Gasteiger partial charge in [-0.05, 0) is 25.0 Å². The molecule has 1 aromatic rings. The summed E-state index contributed by atoms with van der Waals surface area (Å²) in [7, 11) is 0. The Morgan fingerprint density at radius 3 is 3.00 bits per heavy atom. The van der Waals surface area contributed by atoms with Gasteiger partial charge in [0.1, 0.15) is 0 Å². The van der Waals surface area contributed by atoms with Crippen molar-refractivity contribution in [2.45, 2.75) is 25.8 Å². The maximum absolute atomic E-state index is 10.5. The lowest BCUT2D eigenvalue weighted by Gasteiger charge is -2.14. The van der Waals surface area contributed by atoms with E-state index in [9.17, 15) is 4.79 Å². The Balaban J connectivity index is 2.22. The van der Waals surface area contributed by atoms with Gasteiger partial charge in [-0.25, -0.2) is 0 Å². The van der Waals surface area contributed by atoms with Crippen LogP contribution in [0, 0.1) is 6.92 Å². The van der Waals surface area contributed by atoms with E-state index in [1.165, 1.54) is 0 Å². The van der Waals surface area contributed by atoms with Gasteiger partial charge < -0.3 is 20.3 Å². The molecular formula is C12H15NO4. The fourth-order valence-electron chi connectivity index (χ4n) is 1.89. The second kappa shape index (κ2) is 4.63. The van der Waals surface area contributed by atoms with E-state index in [0.717, 1.165) is 11.1 Å². The molecule has 1 aliphatic rings. The first-order chi connectivity index (χ1) is 8.08. The smallest absolute Gasteiger partial charge is 0.303 e. The number of aryl methyl sites for hydroxylation is 1. The van der Waals surface area contributed by atoms with Crippen LogP contribution in [0.15, 0.2) is 12.1 Å². The molecule has 1 heterocycles. The van der Waals surface area contributed by atoms with E-state index in [1.54, 1.807) is 0 Å². The lowest BCUT2D eigenvalue weighted by Crippen LogP contribution is -2.13. The molecular weight excluding hydrogens is 222 g/mol. The van der Waals surface area contributed by atoms with Crippen LogP contribution in [0.25, 0.3) is 0 Å². The summed E-state index contributed by atoms with van der Waals surface area (Å²) < 4.78 is 10.7. The van der Waals surface area contributed by atoms with Gasteiger partial charge in [0.05, 0.1) is 0 Å². The van der Waals surface area contributed by atoms with Gasteiger partial charge in [-0.2, -0.15) is 0 Å². The Bertz CT molecular complexity index is 444. The largest absolute Gasteiger partial charge is 0.481 e. The monoisotopic (exact) mass is 237 g/mol. The van der Waals surface area contributed by atoms with Crippen LogP contribution >= 0.6 is 0 Å². The molecule has 1 atom stereocenters. The third kappa shape index (κ3) is 2.50. The summed E-state index contributed by atoms with van der Waals surface area (Å²) in [4.78, 5) is 10.5. The number of fused-ring (bicyclic) bond motifs is 1. The highest BCUT2D eigenvalue weighted by Crippen LogP contribution is 2.40. The predicted molar refractivity (Wildman–Crippen MR) is 61.1 cm³/mol. The van der Waals surface area contributed by atoms with Gasteiger partial charge in [0.2, 0.25) is 6.79 Å². The highest BCUT2D eigenvalue weighted by atomic mass is 16.7. The number of carbonyl (C=O) groups is 1. The van der Waals surface area contributed by atoms with Gasteiger partial charge in [0.15, 0.2) is 11.5 Å². The van der Waals surface area contributed by atoms with Crippen LogP contribution in [0.4, 0.5) is 0 Å². The Hall–Kier alpha value is -1.75. The fourth-order valence-corrected chi connectivity index (χ4v) is 1.89. The summed E-state index contributed by atoms with van der Waals surface area (Å²) in [6.07, 6.45) is 0.430. The molecule has 0 radical (unpaired) electrons. The lowest BCUT2D eigenvalue weighted by atomic mass is 9.99. The highest BCUT2D eigenvalue weighted by molar-refractivity contribution is 5.66. The Kier molecular flexibility index (Phi) is 3.19. The van der Waals surface area contributed by atoms with E-state index in [0.29, 0.717) is 17.9 Å². The molecule has 1 aliphatic heterocycles. The van der Waals surface area contributed by atoms with Crippen LogP contribution in [0.3, 0.4) is 0 Å². The number of rotatable bonds is 4. The van der Waals surface area contributed by atoms with Crippen molar-refractivity contribution in [2.75, 3.05) is 6.79 Å². The summed E-state index contributed by atoms with van der Waals surface area (Å²) in [6, 6.07) is 3.46. The van der Waals surface area contributed by atoms with Crippen molar-refractivity contribution in [2.24, 2.45) is 5.73 Å². The van der Waals surface area contributed by atoms with Crippen LogP contribution in [-0.2, 0) is 4.79 Å².